The van der Waals surface area contributed by atoms with E-state index in [1.165, 1.54) is 7.11 Å². The smallest absolute Gasteiger partial charge is 0.306 e. The van der Waals surface area contributed by atoms with Crippen LogP contribution in [0.4, 0.5) is 0 Å². The van der Waals surface area contributed by atoms with Gasteiger partial charge in [-0.05, 0) is 17.0 Å². The highest BCUT2D eigenvalue weighted by Gasteiger charge is 2.13. The van der Waals surface area contributed by atoms with Gasteiger partial charge in [-0.25, -0.2) is 0 Å². The molecule has 0 aliphatic rings. The van der Waals surface area contributed by atoms with Gasteiger partial charge in [0.2, 0.25) is 0 Å². The molecule has 0 bridgehead atoms. The maximum atomic E-state index is 11.1. The predicted octanol–water partition coefficient (Wildman–Crippen LogP) is 3.09. The van der Waals surface area contributed by atoms with Crippen LogP contribution >= 0.6 is 11.6 Å². The number of rotatable bonds is 4. The third-order valence-electron chi connectivity index (χ3n) is 2.43. The van der Waals surface area contributed by atoms with Crippen LogP contribution in [0.25, 0.3) is 0 Å². The largest absolute Gasteiger partial charge is 0.469 e. The molecule has 2 nitrogen and oxygen atoms in total. The molecule has 0 aliphatic heterocycles. The van der Waals surface area contributed by atoms with Gasteiger partial charge in [-0.3, -0.25) is 4.79 Å². The summed E-state index contributed by atoms with van der Waals surface area (Å²) in [5.74, 6) is 0.432. The Morgan fingerprint density at radius 1 is 1.47 bits per heavy atom. The lowest BCUT2D eigenvalue weighted by Crippen LogP contribution is -2.07. The summed E-state index contributed by atoms with van der Waals surface area (Å²) in [6.07, 6.45) is 0.393. The van der Waals surface area contributed by atoms with Crippen molar-refractivity contribution < 1.29 is 9.53 Å². The second-order valence-corrected chi connectivity index (χ2v) is 3.78. The molecule has 0 heterocycles. The standard InChI is InChI=1S/C12H15ClO2/c1-9(7-12(14)15-2)11-6-4-3-5-10(11)8-13/h3-6,9H,7-8H2,1-2H3. The van der Waals surface area contributed by atoms with Gasteiger partial charge >= 0.3 is 5.97 Å². The molecule has 1 rings (SSSR count). The number of ether oxygens (including phenoxy) is 1. The molecule has 1 unspecified atom stereocenters. The number of benzene rings is 1. The minimum atomic E-state index is -0.188. The van der Waals surface area contributed by atoms with Crippen LogP contribution in [-0.4, -0.2) is 13.1 Å². The Balaban J connectivity index is 2.80. The zero-order valence-corrected chi connectivity index (χ0v) is 9.75. The number of esters is 1. The Bertz CT molecular complexity index is 336. The van der Waals surface area contributed by atoms with Gasteiger partial charge in [0, 0.05) is 5.88 Å². The molecule has 0 saturated heterocycles. The van der Waals surface area contributed by atoms with E-state index in [1.54, 1.807) is 0 Å². The summed E-state index contributed by atoms with van der Waals surface area (Å²) in [4.78, 5) is 11.1. The highest BCUT2D eigenvalue weighted by Crippen LogP contribution is 2.24. The van der Waals surface area contributed by atoms with Crippen LogP contribution in [0.15, 0.2) is 24.3 Å². The Morgan fingerprint density at radius 3 is 2.73 bits per heavy atom. The SMILES string of the molecule is COC(=O)CC(C)c1ccccc1CCl. The first-order valence-electron chi connectivity index (χ1n) is 4.89. The van der Waals surface area contributed by atoms with Crippen molar-refractivity contribution in [1.29, 1.82) is 0 Å². The third kappa shape index (κ3) is 3.24. The van der Waals surface area contributed by atoms with Gasteiger partial charge in [-0.2, -0.15) is 0 Å². The first kappa shape index (κ1) is 12.1. The predicted molar refractivity (Wildman–Crippen MR) is 61.0 cm³/mol. The molecular weight excluding hydrogens is 212 g/mol. The molecule has 0 amide bonds. The highest BCUT2D eigenvalue weighted by molar-refractivity contribution is 6.17. The van der Waals surface area contributed by atoms with Gasteiger partial charge in [0.15, 0.2) is 0 Å². The Kier molecular flexibility index (Phi) is 4.63. The van der Waals surface area contributed by atoms with E-state index in [2.05, 4.69) is 4.74 Å². The molecule has 1 aromatic rings. The molecule has 0 spiro atoms. The lowest BCUT2D eigenvalue weighted by molar-refractivity contribution is -0.140. The average molecular weight is 227 g/mol. The van der Waals surface area contributed by atoms with Crippen LogP contribution in [0.5, 0.6) is 0 Å². The molecule has 0 fully saturated rings. The second kappa shape index (κ2) is 5.76. The van der Waals surface area contributed by atoms with Gasteiger partial charge < -0.3 is 4.74 Å². The summed E-state index contributed by atoms with van der Waals surface area (Å²) in [6, 6.07) is 7.90. The molecule has 1 aromatic carbocycles. The van der Waals surface area contributed by atoms with E-state index in [9.17, 15) is 4.79 Å². The number of carbonyl (C=O) groups excluding carboxylic acids is 1. The molecule has 0 aromatic heterocycles. The van der Waals surface area contributed by atoms with E-state index in [4.69, 9.17) is 11.6 Å². The molecular formula is C12H15ClO2. The molecule has 0 saturated carbocycles. The van der Waals surface area contributed by atoms with Crippen molar-refractivity contribution in [3.05, 3.63) is 35.4 Å². The first-order valence-corrected chi connectivity index (χ1v) is 5.43. The highest BCUT2D eigenvalue weighted by atomic mass is 35.5. The molecule has 82 valence electrons. The number of hydrogen-bond acceptors (Lipinski definition) is 2. The molecule has 1 atom stereocenters. The van der Waals surface area contributed by atoms with Crippen molar-refractivity contribution >= 4 is 17.6 Å². The summed E-state index contributed by atoms with van der Waals surface area (Å²) >= 11 is 5.83. The van der Waals surface area contributed by atoms with Crippen LogP contribution in [0.3, 0.4) is 0 Å². The lowest BCUT2D eigenvalue weighted by atomic mass is 9.94. The molecule has 3 heteroatoms. The average Bonchev–Trinajstić information content (AvgIpc) is 2.28. The Labute approximate surface area is 95.2 Å². The number of halogens is 1. The fourth-order valence-corrected chi connectivity index (χ4v) is 1.82. The molecule has 0 aliphatic carbocycles. The number of alkyl halides is 1. The summed E-state index contributed by atoms with van der Waals surface area (Å²) in [5.41, 5.74) is 2.20. The van der Waals surface area contributed by atoms with Gasteiger partial charge in [0.05, 0.1) is 13.5 Å². The van der Waals surface area contributed by atoms with Crippen molar-refractivity contribution in [2.75, 3.05) is 7.11 Å². The van der Waals surface area contributed by atoms with E-state index in [-0.39, 0.29) is 11.9 Å². The number of carbonyl (C=O) groups is 1. The van der Waals surface area contributed by atoms with Crippen LogP contribution in [0, 0.1) is 0 Å². The van der Waals surface area contributed by atoms with E-state index >= 15 is 0 Å². The van der Waals surface area contributed by atoms with E-state index in [0.29, 0.717) is 12.3 Å². The minimum Gasteiger partial charge on any atom is -0.469 e. The summed E-state index contributed by atoms with van der Waals surface area (Å²) < 4.78 is 4.64. The van der Waals surface area contributed by atoms with Gasteiger partial charge in [0.1, 0.15) is 0 Å². The number of hydrogen-bond donors (Lipinski definition) is 0. The fourth-order valence-electron chi connectivity index (χ4n) is 1.58. The summed E-state index contributed by atoms with van der Waals surface area (Å²) in [7, 11) is 1.41. The van der Waals surface area contributed by atoms with Crippen LogP contribution in [0.2, 0.25) is 0 Å². The van der Waals surface area contributed by atoms with E-state index in [0.717, 1.165) is 11.1 Å². The van der Waals surface area contributed by atoms with Crippen LogP contribution in [-0.2, 0) is 15.4 Å². The topological polar surface area (TPSA) is 26.3 Å². The van der Waals surface area contributed by atoms with Crippen molar-refractivity contribution in [2.45, 2.75) is 25.1 Å². The maximum absolute atomic E-state index is 11.1. The normalized spacial score (nSPS) is 12.2. The van der Waals surface area contributed by atoms with Crippen molar-refractivity contribution in [2.24, 2.45) is 0 Å². The summed E-state index contributed by atoms with van der Waals surface area (Å²) in [6.45, 7) is 2.00. The third-order valence-corrected chi connectivity index (χ3v) is 2.72. The quantitative estimate of drug-likeness (QED) is 0.583. The molecule has 0 N–H and O–H groups in total. The van der Waals surface area contributed by atoms with Crippen molar-refractivity contribution in [3.63, 3.8) is 0 Å². The van der Waals surface area contributed by atoms with Crippen molar-refractivity contribution in [3.8, 4) is 0 Å². The van der Waals surface area contributed by atoms with E-state index in [1.807, 2.05) is 31.2 Å². The van der Waals surface area contributed by atoms with Crippen molar-refractivity contribution in [1.82, 2.24) is 0 Å². The first-order chi connectivity index (χ1) is 7.19. The fraction of sp³-hybridized carbons (Fsp3) is 0.417. The minimum absolute atomic E-state index is 0.146. The van der Waals surface area contributed by atoms with Gasteiger partial charge in [0.25, 0.3) is 0 Å². The van der Waals surface area contributed by atoms with E-state index < -0.39 is 0 Å². The van der Waals surface area contributed by atoms with Crippen LogP contribution in [0.1, 0.15) is 30.4 Å². The zero-order chi connectivity index (χ0) is 11.3. The molecule has 15 heavy (non-hydrogen) atoms. The Hall–Kier alpha value is -1.02. The maximum Gasteiger partial charge on any atom is 0.306 e. The van der Waals surface area contributed by atoms with Crippen LogP contribution < -0.4 is 0 Å². The molecule has 0 radical (unpaired) electrons. The summed E-state index contributed by atoms with van der Waals surface area (Å²) in [5, 5.41) is 0. The lowest BCUT2D eigenvalue weighted by Gasteiger charge is -2.13. The second-order valence-electron chi connectivity index (χ2n) is 3.51. The number of methoxy groups -OCH3 is 1. The Morgan fingerprint density at radius 2 is 2.13 bits per heavy atom. The van der Waals surface area contributed by atoms with Gasteiger partial charge in [-0.1, -0.05) is 31.2 Å². The monoisotopic (exact) mass is 226 g/mol. The zero-order valence-electron chi connectivity index (χ0n) is 9.00. The van der Waals surface area contributed by atoms with Gasteiger partial charge in [-0.15, -0.1) is 11.6 Å².